The lowest BCUT2D eigenvalue weighted by molar-refractivity contribution is -0.120. The zero-order chi connectivity index (χ0) is 22.1. The van der Waals surface area contributed by atoms with E-state index in [4.69, 9.17) is 4.74 Å². The molecule has 1 aliphatic heterocycles. The number of nitrogens with one attached hydrogen (secondary N) is 2. The lowest BCUT2D eigenvalue weighted by Crippen LogP contribution is -2.49. The molecule has 0 fully saturated rings. The maximum Gasteiger partial charge on any atom is 0.291 e. The van der Waals surface area contributed by atoms with Crippen LogP contribution in [0, 0.1) is 0 Å². The van der Waals surface area contributed by atoms with Gasteiger partial charge in [-0.1, -0.05) is 43.8 Å². The highest BCUT2D eigenvalue weighted by molar-refractivity contribution is 6.08. The van der Waals surface area contributed by atoms with Crippen LogP contribution in [-0.4, -0.2) is 51.7 Å². The predicted octanol–water partition coefficient (Wildman–Crippen LogP) is 2.73. The van der Waals surface area contributed by atoms with Gasteiger partial charge in [-0.3, -0.25) is 19.7 Å². The number of carbonyl (C=O) groups is 2. The van der Waals surface area contributed by atoms with Gasteiger partial charge < -0.3 is 15.0 Å². The third-order valence-corrected chi connectivity index (χ3v) is 5.34. The largest absolute Gasteiger partial charge is 0.489 e. The number of ether oxygens (including phenoxy) is 1. The number of amides is 2. The number of benzene rings is 2. The van der Waals surface area contributed by atoms with E-state index in [2.05, 4.69) is 25.5 Å². The average Bonchev–Trinajstić information content (AvgIpc) is 3.25. The van der Waals surface area contributed by atoms with Crippen molar-refractivity contribution in [2.75, 3.05) is 18.6 Å². The van der Waals surface area contributed by atoms with Crippen LogP contribution in [0.25, 0.3) is 10.9 Å². The molecule has 1 aliphatic rings. The standard InChI is InChI=1S/C23H20N6O3.CH4/c1-29-20-17(10-9-15-8-5-11-24-19(15)20)32-13-16(23(29)31)25-22(30)21-26-18(27-28-21)12-14-6-3-2-4-7-14;/h2-11,16H,12-13H2,1H3,(H,25,30)(H,26,27,28);1H4/t16-;/m0./s1. The molecule has 0 radical (unpaired) electrons. The van der Waals surface area contributed by atoms with Crippen LogP contribution in [0.1, 0.15) is 29.4 Å². The number of aromatic nitrogens is 4. The zero-order valence-electron chi connectivity index (χ0n) is 17.3. The summed E-state index contributed by atoms with van der Waals surface area (Å²) >= 11 is 0. The van der Waals surface area contributed by atoms with Crippen molar-refractivity contribution in [3.05, 3.63) is 78.0 Å². The number of fused-ring (bicyclic) bond motifs is 3. The average molecular weight is 444 g/mol. The van der Waals surface area contributed by atoms with Gasteiger partial charge in [0.2, 0.25) is 5.82 Å². The van der Waals surface area contributed by atoms with Crippen molar-refractivity contribution in [2.45, 2.75) is 19.9 Å². The second-order valence-corrected chi connectivity index (χ2v) is 7.49. The van der Waals surface area contributed by atoms with Crippen LogP contribution >= 0.6 is 0 Å². The van der Waals surface area contributed by atoms with E-state index in [9.17, 15) is 9.59 Å². The zero-order valence-corrected chi connectivity index (χ0v) is 17.3. The Kier molecular flexibility index (Phi) is 6.03. The molecule has 0 unspecified atom stereocenters. The number of likely N-dealkylation sites (N-methyl/N-ethyl adjacent to an activating group) is 1. The quantitative estimate of drug-likeness (QED) is 0.500. The third-order valence-electron chi connectivity index (χ3n) is 5.34. The Hall–Kier alpha value is -4.27. The SMILES string of the molecule is C.CN1C(=O)[C@@H](NC(=O)c2n[nH]c(Cc3ccccc3)n2)COc2ccc3cccnc3c21. The molecular weight excluding hydrogens is 420 g/mol. The molecule has 9 heteroatoms. The van der Waals surface area contributed by atoms with E-state index >= 15 is 0 Å². The summed E-state index contributed by atoms with van der Waals surface area (Å²) in [6, 6.07) is 16.3. The van der Waals surface area contributed by atoms with Gasteiger partial charge in [-0.2, -0.15) is 0 Å². The summed E-state index contributed by atoms with van der Waals surface area (Å²) < 4.78 is 5.87. The molecule has 0 bridgehead atoms. The van der Waals surface area contributed by atoms with Crippen LogP contribution in [0.15, 0.2) is 60.8 Å². The van der Waals surface area contributed by atoms with Gasteiger partial charge in [-0.15, -0.1) is 5.10 Å². The van der Waals surface area contributed by atoms with Gasteiger partial charge in [0.05, 0.1) is 5.52 Å². The fourth-order valence-electron chi connectivity index (χ4n) is 3.73. The van der Waals surface area contributed by atoms with E-state index in [1.807, 2.05) is 48.5 Å². The molecule has 2 N–H and O–H groups in total. The lowest BCUT2D eigenvalue weighted by atomic mass is 10.1. The molecule has 168 valence electrons. The van der Waals surface area contributed by atoms with Gasteiger partial charge in [0.25, 0.3) is 11.8 Å². The number of rotatable bonds is 4. The highest BCUT2D eigenvalue weighted by Gasteiger charge is 2.33. The summed E-state index contributed by atoms with van der Waals surface area (Å²) in [5, 5.41) is 10.4. The Morgan fingerprint density at radius 3 is 2.82 bits per heavy atom. The first-order valence-corrected chi connectivity index (χ1v) is 10.1. The highest BCUT2D eigenvalue weighted by atomic mass is 16.5. The van der Waals surface area contributed by atoms with Crippen LogP contribution in [0.2, 0.25) is 0 Å². The van der Waals surface area contributed by atoms with Crippen molar-refractivity contribution in [1.29, 1.82) is 0 Å². The molecule has 0 saturated heterocycles. The summed E-state index contributed by atoms with van der Waals surface area (Å²) in [5.74, 6) is 0.208. The van der Waals surface area contributed by atoms with E-state index in [1.54, 1.807) is 19.3 Å². The maximum absolute atomic E-state index is 13.1. The van der Waals surface area contributed by atoms with Crippen LogP contribution in [0.3, 0.4) is 0 Å². The topological polar surface area (TPSA) is 113 Å². The number of nitrogens with zero attached hydrogens (tertiary/aromatic N) is 4. The summed E-state index contributed by atoms with van der Waals surface area (Å²) in [4.78, 5) is 36.0. The van der Waals surface area contributed by atoms with Gasteiger partial charge in [0, 0.05) is 25.1 Å². The van der Waals surface area contributed by atoms with Gasteiger partial charge in [0.15, 0.2) is 0 Å². The van der Waals surface area contributed by atoms with Crippen LogP contribution in [0.5, 0.6) is 5.75 Å². The van der Waals surface area contributed by atoms with E-state index in [0.717, 1.165) is 10.9 Å². The van der Waals surface area contributed by atoms with Gasteiger partial charge >= 0.3 is 0 Å². The minimum absolute atomic E-state index is 0. The number of aromatic amines is 1. The number of hydrogen-bond acceptors (Lipinski definition) is 6. The van der Waals surface area contributed by atoms with Gasteiger partial charge in [-0.25, -0.2) is 4.98 Å². The van der Waals surface area contributed by atoms with Crippen molar-refractivity contribution < 1.29 is 14.3 Å². The van der Waals surface area contributed by atoms with E-state index < -0.39 is 11.9 Å². The Morgan fingerprint density at radius 1 is 1.18 bits per heavy atom. The smallest absolute Gasteiger partial charge is 0.291 e. The van der Waals surface area contributed by atoms with E-state index in [-0.39, 0.29) is 25.8 Å². The Balaban J connectivity index is 0.00000259. The summed E-state index contributed by atoms with van der Waals surface area (Å²) in [6.07, 6.45) is 2.19. The molecule has 3 heterocycles. The molecule has 2 aromatic heterocycles. The van der Waals surface area contributed by atoms with Gasteiger partial charge in [0.1, 0.15) is 29.9 Å². The monoisotopic (exact) mass is 444 g/mol. The second kappa shape index (κ2) is 9.07. The van der Waals surface area contributed by atoms with Crippen molar-refractivity contribution in [3.8, 4) is 5.75 Å². The molecule has 0 aliphatic carbocycles. The Labute approximate surface area is 190 Å². The fraction of sp³-hybridized carbons (Fsp3) is 0.208. The van der Waals surface area contributed by atoms with Crippen molar-refractivity contribution >= 4 is 28.4 Å². The summed E-state index contributed by atoms with van der Waals surface area (Å²) in [6.45, 7) is -0.0124. The molecule has 1 atom stereocenters. The van der Waals surface area contributed by atoms with Gasteiger partial charge in [-0.05, 0) is 23.8 Å². The molecule has 5 rings (SSSR count). The molecule has 2 aromatic carbocycles. The maximum atomic E-state index is 13.1. The van der Waals surface area contributed by atoms with Crippen molar-refractivity contribution in [1.82, 2.24) is 25.5 Å². The minimum atomic E-state index is -0.894. The Bertz CT molecular complexity index is 1300. The lowest BCUT2D eigenvalue weighted by Gasteiger charge is -2.20. The minimum Gasteiger partial charge on any atom is -0.489 e. The summed E-state index contributed by atoms with van der Waals surface area (Å²) in [7, 11) is 1.65. The van der Waals surface area contributed by atoms with Crippen molar-refractivity contribution in [2.24, 2.45) is 0 Å². The first-order chi connectivity index (χ1) is 15.6. The first kappa shape index (κ1) is 21.9. The third kappa shape index (κ3) is 4.25. The van der Waals surface area contributed by atoms with Crippen molar-refractivity contribution in [3.63, 3.8) is 0 Å². The molecule has 9 nitrogen and oxygen atoms in total. The molecule has 0 saturated carbocycles. The van der Waals surface area contributed by atoms with E-state index in [1.165, 1.54) is 4.90 Å². The highest BCUT2D eigenvalue weighted by Crippen LogP contribution is 2.36. The molecule has 2 amide bonds. The Morgan fingerprint density at radius 2 is 2.00 bits per heavy atom. The number of anilines is 1. The normalized spacial score (nSPS) is 15.2. The molecule has 33 heavy (non-hydrogen) atoms. The fourth-order valence-corrected chi connectivity index (χ4v) is 3.73. The number of H-pyrrole nitrogens is 1. The molecule has 4 aromatic rings. The second-order valence-electron chi connectivity index (χ2n) is 7.49. The molecule has 0 spiro atoms. The number of pyridine rings is 1. The van der Waals surface area contributed by atoms with Crippen LogP contribution < -0.4 is 15.0 Å². The predicted molar refractivity (Wildman–Crippen MR) is 124 cm³/mol. The van der Waals surface area contributed by atoms with Crippen LogP contribution in [-0.2, 0) is 11.2 Å². The number of hydrogen-bond donors (Lipinski definition) is 2. The van der Waals surface area contributed by atoms with Crippen LogP contribution in [0.4, 0.5) is 5.69 Å². The summed E-state index contributed by atoms with van der Waals surface area (Å²) in [5.41, 5.74) is 2.28. The molecular formula is C24H24N6O3. The number of carbonyl (C=O) groups excluding carboxylic acids is 2. The first-order valence-electron chi connectivity index (χ1n) is 10.1. The van der Waals surface area contributed by atoms with E-state index in [0.29, 0.717) is 29.2 Å².